The molecule has 3 atom stereocenters. The van der Waals surface area contributed by atoms with Crippen molar-refractivity contribution >= 4 is 17.5 Å². The summed E-state index contributed by atoms with van der Waals surface area (Å²) in [5.74, 6) is 0.506. The zero-order chi connectivity index (χ0) is 18.5. The first kappa shape index (κ1) is 19.5. The topological polar surface area (TPSA) is 61.8 Å². The molecule has 2 aromatic carbocycles. The minimum absolute atomic E-state index is 0. The highest BCUT2D eigenvalue weighted by Gasteiger charge is 2.61. The van der Waals surface area contributed by atoms with Gasteiger partial charge in [-0.2, -0.15) is 4.65 Å². The van der Waals surface area contributed by atoms with Crippen LogP contribution in [0.15, 0.2) is 48.5 Å². The molecule has 27 heavy (non-hydrogen) atoms. The van der Waals surface area contributed by atoms with Gasteiger partial charge in [0.15, 0.2) is 0 Å². The van der Waals surface area contributed by atoms with E-state index in [1.54, 1.807) is 6.07 Å². The van der Waals surface area contributed by atoms with E-state index in [1.165, 1.54) is 0 Å². The van der Waals surface area contributed by atoms with Crippen molar-refractivity contribution in [3.8, 4) is 5.75 Å². The van der Waals surface area contributed by atoms with E-state index in [4.69, 9.17) is 4.74 Å². The minimum atomic E-state index is -0.515. The quantitative estimate of drug-likeness (QED) is 0.737. The van der Waals surface area contributed by atoms with E-state index in [2.05, 4.69) is 17.1 Å². The number of hydroxylamine groups is 3. The molecule has 1 saturated heterocycles. The molecule has 2 N–H and O–H groups in total. The number of anilines is 2. The molecule has 1 fully saturated rings. The lowest BCUT2D eigenvalue weighted by molar-refractivity contribution is -1.10. The molecule has 6 nitrogen and oxygen atoms in total. The summed E-state index contributed by atoms with van der Waals surface area (Å²) in [5.41, 5.74) is 2.70. The Morgan fingerprint density at radius 1 is 1.30 bits per heavy atom. The molecule has 1 amide bonds. The molecular formula is C20H24ClN3O3. The molecule has 0 radical (unpaired) electrons. The molecule has 4 rings (SSSR count). The number of nitrogens with zero attached hydrogens (tertiary/aromatic N) is 2. The van der Waals surface area contributed by atoms with Crippen molar-refractivity contribution in [3.63, 3.8) is 0 Å². The third kappa shape index (κ3) is 3.14. The van der Waals surface area contributed by atoms with E-state index in [0.717, 1.165) is 17.7 Å². The van der Waals surface area contributed by atoms with Crippen molar-refractivity contribution in [1.82, 2.24) is 0 Å². The van der Waals surface area contributed by atoms with Crippen LogP contribution in [0.5, 0.6) is 5.75 Å². The molecule has 144 valence electrons. The number of para-hydroxylation sites is 1. The van der Waals surface area contributed by atoms with Crippen LogP contribution >= 0.6 is 0 Å². The molecular weight excluding hydrogens is 366 g/mol. The number of carbonyl (C=O) groups excluding carboxylic acids is 1. The number of fused-ring (bicyclic) bond motifs is 3. The maximum absolute atomic E-state index is 12.2. The largest absolute Gasteiger partial charge is 1.00 e. The zero-order valence-corrected chi connectivity index (χ0v) is 16.4. The van der Waals surface area contributed by atoms with Crippen molar-refractivity contribution in [2.24, 2.45) is 0 Å². The van der Waals surface area contributed by atoms with E-state index in [9.17, 15) is 10.0 Å². The maximum Gasteiger partial charge on any atom is 0.417 e. The normalized spacial score (nSPS) is 28.1. The summed E-state index contributed by atoms with van der Waals surface area (Å²) in [6.07, 6.45) is 0.325. The van der Waals surface area contributed by atoms with Gasteiger partial charge in [-0.05, 0) is 42.8 Å². The second-order valence-electron chi connectivity index (χ2n) is 7.65. The van der Waals surface area contributed by atoms with Gasteiger partial charge in [0.1, 0.15) is 19.3 Å². The second-order valence-corrected chi connectivity index (χ2v) is 7.65. The van der Waals surface area contributed by atoms with Crippen LogP contribution in [0.3, 0.4) is 0 Å². The molecule has 2 aliphatic rings. The van der Waals surface area contributed by atoms with Gasteiger partial charge in [-0.3, -0.25) is 5.32 Å². The number of carbonyl (C=O) groups is 1. The fraction of sp³-hybridized carbons (Fsp3) is 0.350. The Hall–Kier alpha value is -2.28. The summed E-state index contributed by atoms with van der Waals surface area (Å²) in [4.78, 5) is 14.3. The average molecular weight is 390 g/mol. The van der Waals surface area contributed by atoms with E-state index in [0.29, 0.717) is 18.0 Å². The van der Waals surface area contributed by atoms with Gasteiger partial charge in [-0.15, -0.1) is 0 Å². The minimum Gasteiger partial charge on any atom is -1.00 e. The number of rotatable bonds is 2. The molecule has 0 aromatic heterocycles. The number of amides is 1. The fourth-order valence-corrected chi connectivity index (χ4v) is 4.65. The first-order valence-electron chi connectivity index (χ1n) is 8.80. The molecule has 2 aromatic rings. The maximum atomic E-state index is 12.2. The van der Waals surface area contributed by atoms with E-state index in [1.807, 2.05) is 56.6 Å². The summed E-state index contributed by atoms with van der Waals surface area (Å²) in [5, 5.41) is 13.5. The standard InChI is InChI=1S/C20H23N3O3.ClH/c1-20-11-12-23(3,25)18(20)22(2)17-10-9-15(13-16(17)20)26-19(24)21-14-7-5-4-6-8-14;/h4-10,13,18,25H,11-12H2,1-3H3;1H/t18-,20-,23?;/m0./s1. The predicted octanol–water partition coefficient (Wildman–Crippen LogP) is 0.575. The number of likely N-dealkylation sites (N-methyl/N-ethyl adjacent to an activating group) is 2. The number of nitrogens with one attached hydrogen (secondary N) is 1. The molecule has 0 aliphatic carbocycles. The smallest absolute Gasteiger partial charge is 0.417 e. The molecule has 0 spiro atoms. The zero-order valence-electron chi connectivity index (χ0n) is 15.6. The van der Waals surface area contributed by atoms with Crippen molar-refractivity contribution < 1.29 is 31.8 Å². The van der Waals surface area contributed by atoms with Gasteiger partial charge in [0.2, 0.25) is 6.17 Å². The van der Waals surface area contributed by atoms with E-state index < -0.39 is 6.09 Å². The van der Waals surface area contributed by atoms with Gasteiger partial charge < -0.3 is 22.0 Å². The Morgan fingerprint density at radius 2 is 2.00 bits per heavy atom. The van der Waals surface area contributed by atoms with E-state index in [-0.39, 0.29) is 28.6 Å². The third-order valence-electron chi connectivity index (χ3n) is 5.74. The first-order valence-corrected chi connectivity index (χ1v) is 8.80. The Morgan fingerprint density at radius 3 is 2.70 bits per heavy atom. The summed E-state index contributed by atoms with van der Waals surface area (Å²) < 4.78 is 5.47. The van der Waals surface area contributed by atoms with Crippen molar-refractivity contribution in [1.29, 1.82) is 0 Å². The van der Waals surface area contributed by atoms with Gasteiger partial charge in [0, 0.05) is 24.8 Å². The predicted molar refractivity (Wildman–Crippen MR) is 99.5 cm³/mol. The molecule has 1 unspecified atom stereocenters. The van der Waals surface area contributed by atoms with Gasteiger partial charge >= 0.3 is 6.09 Å². The number of quaternary nitrogens is 1. The molecule has 0 bridgehead atoms. The number of hydrogen-bond donors (Lipinski definition) is 2. The Bertz CT molecular complexity index is 859. The van der Waals surface area contributed by atoms with Crippen LogP contribution in [-0.2, 0) is 5.41 Å². The number of likely N-dealkylation sites (tertiary alicyclic amines) is 1. The summed E-state index contributed by atoms with van der Waals surface area (Å²) >= 11 is 0. The van der Waals surface area contributed by atoms with Crippen molar-refractivity contribution in [3.05, 3.63) is 54.1 Å². The number of halogens is 1. The summed E-state index contributed by atoms with van der Waals surface area (Å²) in [6, 6.07) is 14.9. The lowest BCUT2D eigenvalue weighted by Crippen LogP contribution is -3.00. The molecule has 7 heteroatoms. The highest BCUT2D eigenvalue weighted by Crippen LogP contribution is 2.53. The number of benzene rings is 2. The average Bonchev–Trinajstić information content (AvgIpc) is 2.98. The van der Waals surface area contributed by atoms with E-state index >= 15 is 0 Å². The van der Waals surface area contributed by atoms with Crippen LogP contribution in [0.4, 0.5) is 16.2 Å². The number of ether oxygens (including phenoxy) is 1. The second kappa shape index (κ2) is 6.71. The Balaban J connectivity index is 0.00000210. The van der Waals surface area contributed by atoms with Crippen LogP contribution in [0.2, 0.25) is 0 Å². The van der Waals surface area contributed by atoms with Gasteiger partial charge in [-0.1, -0.05) is 18.2 Å². The van der Waals surface area contributed by atoms with Crippen molar-refractivity contribution in [2.75, 3.05) is 30.9 Å². The Labute approximate surface area is 165 Å². The van der Waals surface area contributed by atoms with Gasteiger partial charge in [-0.25, -0.2) is 10.0 Å². The van der Waals surface area contributed by atoms with Crippen LogP contribution < -0.4 is 27.4 Å². The fourth-order valence-electron chi connectivity index (χ4n) is 4.65. The first-order chi connectivity index (χ1) is 12.3. The monoisotopic (exact) mass is 389 g/mol. The summed E-state index contributed by atoms with van der Waals surface area (Å²) in [6.45, 7) is 2.87. The highest BCUT2D eigenvalue weighted by molar-refractivity contribution is 5.86. The lowest BCUT2D eigenvalue weighted by Gasteiger charge is -2.34. The number of hydrogen-bond acceptors (Lipinski definition) is 4. The van der Waals surface area contributed by atoms with Gasteiger partial charge in [0.05, 0.1) is 5.41 Å². The van der Waals surface area contributed by atoms with Crippen LogP contribution in [0.25, 0.3) is 0 Å². The SMILES string of the molecule is CN1c2ccc(OC(=O)Nc3ccccc3)cc2[C@]2(C)CC[N+](C)(O)[C@H]12.[Cl-]. The van der Waals surface area contributed by atoms with Crippen LogP contribution in [0.1, 0.15) is 18.9 Å². The van der Waals surface area contributed by atoms with Gasteiger partial charge in [0.25, 0.3) is 0 Å². The Kier molecular flexibility index (Phi) is 4.84. The molecule has 0 saturated carbocycles. The lowest BCUT2D eigenvalue weighted by atomic mass is 9.81. The molecule has 2 heterocycles. The summed E-state index contributed by atoms with van der Waals surface area (Å²) in [7, 11) is 3.86. The van der Waals surface area contributed by atoms with Crippen LogP contribution in [0, 0.1) is 0 Å². The van der Waals surface area contributed by atoms with Crippen LogP contribution in [-0.4, -0.2) is 42.8 Å². The third-order valence-corrected chi connectivity index (χ3v) is 5.74. The van der Waals surface area contributed by atoms with Crippen molar-refractivity contribution in [2.45, 2.75) is 24.9 Å². The highest BCUT2D eigenvalue weighted by atomic mass is 35.5. The molecule has 2 aliphatic heterocycles.